The highest BCUT2D eigenvalue weighted by atomic mass is 19.4. The van der Waals surface area contributed by atoms with Gasteiger partial charge in [-0.3, -0.25) is 0 Å². The molecule has 0 aromatic rings. The standard InChI is InChI=1S/C18H32F4O2.C16H28F4O2/c1-3-5-7-8-9-10-12-14-15(13-11-6-4-2)17(19,16(23)24)18(20,21)22;1-4-5-6-7-8-9-10-11-12-15(17,16(18,19)20)14(21)22-13(2)3/h15H,3-14H2,1-2H3,(H,23,24);13H,4-12H2,1-3H3. The number of carboxylic acid groups (broad SMARTS) is 1. The molecule has 12 heteroatoms. The molecule has 1 N–H and O–H groups in total. The predicted octanol–water partition coefficient (Wildman–Crippen LogP) is 12.4. The number of hydrogen-bond acceptors (Lipinski definition) is 3. The van der Waals surface area contributed by atoms with Crippen LogP contribution < -0.4 is 0 Å². The molecule has 0 bridgehead atoms. The minimum Gasteiger partial charge on any atom is -0.479 e. The lowest BCUT2D eigenvalue weighted by atomic mass is 9.80. The third-order valence-electron chi connectivity index (χ3n) is 8.09. The van der Waals surface area contributed by atoms with Gasteiger partial charge in [0, 0.05) is 12.3 Å². The van der Waals surface area contributed by atoms with Crippen LogP contribution in [0.5, 0.6) is 0 Å². The second kappa shape index (κ2) is 24.5. The van der Waals surface area contributed by atoms with Gasteiger partial charge >= 0.3 is 35.6 Å². The zero-order chi connectivity index (χ0) is 35.9. The highest BCUT2D eigenvalue weighted by Gasteiger charge is 2.66. The van der Waals surface area contributed by atoms with E-state index in [1.54, 1.807) is 0 Å². The summed E-state index contributed by atoms with van der Waals surface area (Å²) in [6.45, 7) is 8.89. The van der Waals surface area contributed by atoms with Gasteiger partial charge in [0.15, 0.2) is 0 Å². The first kappa shape index (κ1) is 46.5. The molecule has 46 heavy (non-hydrogen) atoms. The third kappa shape index (κ3) is 18.1. The molecule has 0 spiro atoms. The molecule has 0 heterocycles. The van der Waals surface area contributed by atoms with Crippen molar-refractivity contribution in [2.75, 3.05) is 0 Å². The number of carbonyl (C=O) groups is 2. The van der Waals surface area contributed by atoms with Gasteiger partial charge < -0.3 is 9.84 Å². The normalized spacial score (nSPS) is 15.4. The van der Waals surface area contributed by atoms with Crippen molar-refractivity contribution in [1.29, 1.82) is 0 Å². The third-order valence-corrected chi connectivity index (χ3v) is 8.09. The number of hydrogen-bond donors (Lipinski definition) is 1. The Morgan fingerprint density at radius 3 is 1.26 bits per heavy atom. The Hall–Kier alpha value is -1.62. The maximum atomic E-state index is 14.5. The molecular weight excluding hydrogens is 624 g/mol. The van der Waals surface area contributed by atoms with E-state index in [0.717, 1.165) is 83.5 Å². The fourth-order valence-electron chi connectivity index (χ4n) is 5.23. The van der Waals surface area contributed by atoms with Crippen molar-refractivity contribution in [2.45, 2.75) is 199 Å². The van der Waals surface area contributed by atoms with Crippen molar-refractivity contribution in [3.8, 4) is 0 Å². The highest BCUT2D eigenvalue weighted by molar-refractivity contribution is 5.80. The van der Waals surface area contributed by atoms with Gasteiger partial charge in [0.1, 0.15) is 0 Å². The zero-order valence-electron chi connectivity index (χ0n) is 28.7. The maximum Gasteiger partial charge on any atom is 0.433 e. The van der Waals surface area contributed by atoms with Crippen LogP contribution in [0.25, 0.3) is 0 Å². The number of halogens is 8. The number of esters is 1. The lowest BCUT2D eigenvalue weighted by Gasteiger charge is -2.32. The zero-order valence-corrected chi connectivity index (χ0v) is 28.7. The Balaban J connectivity index is 0. The van der Waals surface area contributed by atoms with Crippen molar-refractivity contribution in [2.24, 2.45) is 5.92 Å². The molecule has 0 amide bonds. The lowest BCUT2D eigenvalue weighted by molar-refractivity contribution is -0.252. The molecular formula is C34H60F8O4. The molecule has 0 saturated carbocycles. The van der Waals surface area contributed by atoms with Crippen LogP contribution in [0.2, 0.25) is 0 Å². The van der Waals surface area contributed by atoms with Crippen molar-refractivity contribution in [1.82, 2.24) is 0 Å². The fraction of sp³-hybridized carbons (Fsp3) is 0.941. The number of carboxylic acids is 1. The van der Waals surface area contributed by atoms with Gasteiger partial charge in [-0.15, -0.1) is 0 Å². The van der Waals surface area contributed by atoms with Crippen molar-refractivity contribution >= 4 is 11.9 Å². The average molecular weight is 685 g/mol. The van der Waals surface area contributed by atoms with E-state index in [-0.39, 0.29) is 19.3 Å². The first-order valence-electron chi connectivity index (χ1n) is 17.3. The van der Waals surface area contributed by atoms with Crippen LogP contribution in [0.15, 0.2) is 0 Å². The monoisotopic (exact) mass is 684 g/mol. The van der Waals surface area contributed by atoms with Gasteiger partial charge in [-0.1, -0.05) is 130 Å². The number of aliphatic carboxylic acids is 1. The maximum absolute atomic E-state index is 14.5. The van der Waals surface area contributed by atoms with Crippen molar-refractivity contribution < 1.29 is 54.6 Å². The van der Waals surface area contributed by atoms with Crippen molar-refractivity contribution in [3.05, 3.63) is 0 Å². The summed E-state index contributed by atoms with van der Waals surface area (Å²) in [4.78, 5) is 22.5. The lowest BCUT2D eigenvalue weighted by Crippen LogP contribution is -2.53. The van der Waals surface area contributed by atoms with Crippen LogP contribution in [0.1, 0.15) is 169 Å². The smallest absolute Gasteiger partial charge is 0.433 e. The Labute approximate surface area is 271 Å². The van der Waals surface area contributed by atoms with E-state index >= 15 is 0 Å². The molecule has 3 atom stereocenters. The second-order valence-electron chi connectivity index (χ2n) is 12.6. The second-order valence-corrected chi connectivity index (χ2v) is 12.6. The van der Waals surface area contributed by atoms with E-state index in [2.05, 4.69) is 18.6 Å². The van der Waals surface area contributed by atoms with Crippen molar-refractivity contribution in [3.63, 3.8) is 0 Å². The van der Waals surface area contributed by atoms with Gasteiger partial charge in [0.2, 0.25) is 0 Å². The number of alkyl halides is 8. The van der Waals surface area contributed by atoms with Crippen LogP contribution in [0.3, 0.4) is 0 Å². The average Bonchev–Trinajstić information content (AvgIpc) is 2.95. The van der Waals surface area contributed by atoms with Crippen LogP contribution in [-0.2, 0) is 14.3 Å². The molecule has 0 rings (SSSR count). The molecule has 0 radical (unpaired) electrons. The first-order chi connectivity index (χ1) is 21.4. The molecule has 0 aliphatic carbocycles. The van der Waals surface area contributed by atoms with E-state index < -0.39 is 54.1 Å². The van der Waals surface area contributed by atoms with Gasteiger partial charge in [-0.25, -0.2) is 18.4 Å². The first-order valence-corrected chi connectivity index (χ1v) is 17.3. The molecule has 0 aliphatic rings. The van der Waals surface area contributed by atoms with E-state index in [4.69, 9.17) is 5.11 Å². The van der Waals surface area contributed by atoms with E-state index in [1.807, 2.05) is 6.92 Å². The Kier molecular flexibility index (Phi) is 24.8. The van der Waals surface area contributed by atoms with Crippen LogP contribution >= 0.6 is 0 Å². The van der Waals surface area contributed by atoms with Crippen LogP contribution in [-0.4, -0.2) is 46.8 Å². The van der Waals surface area contributed by atoms with E-state index in [1.165, 1.54) is 13.8 Å². The van der Waals surface area contributed by atoms with Crippen LogP contribution in [0.4, 0.5) is 35.1 Å². The van der Waals surface area contributed by atoms with Gasteiger partial charge in [-0.2, -0.15) is 26.3 Å². The Morgan fingerprint density at radius 1 is 0.565 bits per heavy atom. The summed E-state index contributed by atoms with van der Waals surface area (Å²) < 4.78 is 111. The summed E-state index contributed by atoms with van der Waals surface area (Å²) in [6.07, 6.45) is 2.69. The summed E-state index contributed by atoms with van der Waals surface area (Å²) in [6, 6.07) is 0. The minimum absolute atomic E-state index is 0.0248. The fourth-order valence-corrected chi connectivity index (χ4v) is 5.23. The Bertz CT molecular complexity index is 788. The Morgan fingerprint density at radius 2 is 0.913 bits per heavy atom. The molecule has 276 valence electrons. The SMILES string of the molecule is CCCCCCCCCC(CCCCC)C(F)(C(=O)O)C(F)(F)F.CCCCCCCCCCC(F)(C(=O)OC(C)C)C(F)(F)F. The van der Waals surface area contributed by atoms with Crippen LogP contribution in [0, 0.1) is 5.92 Å². The quantitative estimate of drug-likeness (QED) is 0.0591. The summed E-state index contributed by atoms with van der Waals surface area (Å²) in [5, 5.41) is 8.90. The number of carbonyl (C=O) groups excluding carboxylic acids is 1. The minimum atomic E-state index is -5.38. The summed E-state index contributed by atoms with van der Waals surface area (Å²) in [7, 11) is 0. The number of unbranched alkanes of at least 4 members (excludes halogenated alkanes) is 15. The van der Waals surface area contributed by atoms with Gasteiger partial charge in [-0.05, 0) is 33.1 Å². The van der Waals surface area contributed by atoms with E-state index in [0.29, 0.717) is 25.7 Å². The van der Waals surface area contributed by atoms with Gasteiger partial charge in [0.25, 0.3) is 0 Å². The highest BCUT2D eigenvalue weighted by Crippen LogP contribution is 2.44. The molecule has 0 aliphatic heterocycles. The largest absolute Gasteiger partial charge is 0.479 e. The molecule has 0 saturated heterocycles. The molecule has 3 unspecified atom stereocenters. The summed E-state index contributed by atoms with van der Waals surface area (Å²) in [5.74, 6) is -5.73. The number of rotatable bonds is 25. The molecule has 4 nitrogen and oxygen atoms in total. The van der Waals surface area contributed by atoms with E-state index in [9.17, 15) is 44.7 Å². The van der Waals surface area contributed by atoms with Gasteiger partial charge in [0.05, 0.1) is 6.10 Å². The number of ether oxygens (including phenoxy) is 1. The predicted molar refractivity (Wildman–Crippen MR) is 166 cm³/mol. The topological polar surface area (TPSA) is 63.6 Å². The molecule has 0 aromatic heterocycles. The molecule has 0 fully saturated rings. The summed E-state index contributed by atoms with van der Waals surface area (Å²) >= 11 is 0. The molecule has 0 aromatic carbocycles. The summed E-state index contributed by atoms with van der Waals surface area (Å²) in [5.41, 5.74) is -8.03.